The van der Waals surface area contributed by atoms with Crippen LogP contribution in [0.1, 0.15) is 26.3 Å². The third-order valence-corrected chi connectivity index (χ3v) is 3.93. The highest BCUT2D eigenvalue weighted by molar-refractivity contribution is 5.91. The van der Waals surface area contributed by atoms with Crippen molar-refractivity contribution in [2.45, 2.75) is 39.3 Å². The Labute approximate surface area is 137 Å². The van der Waals surface area contributed by atoms with Crippen molar-refractivity contribution >= 4 is 16.7 Å². The summed E-state index contributed by atoms with van der Waals surface area (Å²) in [4.78, 5) is 14.4. The number of rotatable bonds is 6. The van der Waals surface area contributed by atoms with Crippen LogP contribution >= 0.6 is 0 Å². The first-order valence-corrected chi connectivity index (χ1v) is 7.95. The van der Waals surface area contributed by atoms with Gasteiger partial charge in [0, 0.05) is 12.6 Å². The Morgan fingerprint density at radius 1 is 1.22 bits per heavy atom. The van der Waals surface area contributed by atoms with Gasteiger partial charge < -0.3 is 14.7 Å². The molecule has 0 saturated heterocycles. The fraction of sp³-hybridized carbons (Fsp3) is 0.421. The zero-order chi connectivity index (χ0) is 17.0. The number of hydrogen-bond donors (Lipinski definition) is 1. The van der Waals surface area contributed by atoms with Gasteiger partial charge in [0.15, 0.2) is 0 Å². The largest absolute Gasteiger partial charge is 0.497 e. The minimum Gasteiger partial charge on any atom is -0.497 e. The van der Waals surface area contributed by atoms with Crippen molar-refractivity contribution in [1.29, 1.82) is 0 Å². The number of hydrogen-bond acceptors (Lipinski definition) is 3. The van der Waals surface area contributed by atoms with E-state index >= 15 is 0 Å². The number of aliphatic hydroxyl groups is 1. The Morgan fingerprint density at radius 2 is 1.96 bits per heavy atom. The predicted octanol–water partition coefficient (Wildman–Crippen LogP) is 3.01. The van der Waals surface area contributed by atoms with Crippen molar-refractivity contribution in [3.8, 4) is 5.75 Å². The van der Waals surface area contributed by atoms with Crippen LogP contribution in [0.15, 0.2) is 36.4 Å². The molecule has 0 heterocycles. The lowest BCUT2D eigenvalue weighted by molar-refractivity contribution is -0.133. The van der Waals surface area contributed by atoms with Crippen LogP contribution in [-0.2, 0) is 11.2 Å². The molecule has 0 aliphatic carbocycles. The molecule has 2 aromatic rings. The van der Waals surface area contributed by atoms with Crippen molar-refractivity contribution in [2.75, 3.05) is 13.7 Å². The molecule has 0 spiro atoms. The average Bonchev–Trinajstić information content (AvgIpc) is 2.52. The van der Waals surface area contributed by atoms with Crippen LogP contribution in [0.4, 0.5) is 0 Å². The van der Waals surface area contributed by atoms with Gasteiger partial charge in [-0.1, -0.05) is 24.3 Å². The van der Waals surface area contributed by atoms with E-state index in [1.807, 2.05) is 50.2 Å². The predicted molar refractivity (Wildman–Crippen MR) is 92.7 cm³/mol. The number of nitrogens with zero attached hydrogens (tertiary/aromatic N) is 1. The molecule has 0 saturated carbocycles. The Kier molecular flexibility index (Phi) is 5.61. The highest BCUT2D eigenvalue weighted by Gasteiger charge is 2.19. The van der Waals surface area contributed by atoms with Crippen molar-refractivity contribution in [3.05, 3.63) is 42.0 Å². The number of aliphatic hydroxyl groups excluding tert-OH is 1. The summed E-state index contributed by atoms with van der Waals surface area (Å²) in [5, 5.41) is 11.7. The van der Waals surface area contributed by atoms with Crippen molar-refractivity contribution in [3.63, 3.8) is 0 Å². The number of benzene rings is 2. The number of ether oxygens (including phenoxy) is 1. The standard InChI is InChI=1S/C19H25NO3/c1-13(2)20(12-14(3)21)19(22)10-16-7-5-6-15-8-9-17(23-4)11-18(15)16/h5-9,11,13-14,21H,10,12H2,1-4H3/t14-/m1/s1. The smallest absolute Gasteiger partial charge is 0.227 e. The third-order valence-electron chi connectivity index (χ3n) is 3.93. The molecule has 0 fully saturated rings. The maximum Gasteiger partial charge on any atom is 0.227 e. The van der Waals surface area contributed by atoms with Crippen LogP contribution in [0.5, 0.6) is 5.75 Å². The molecular weight excluding hydrogens is 290 g/mol. The molecular formula is C19H25NO3. The van der Waals surface area contributed by atoms with Crippen LogP contribution in [-0.4, -0.2) is 41.7 Å². The third kappa shape index (κ3) is 4.23. The first-order valence-electron chi connectivity index (χ1n) is 7.95. The summed E-state index contributed by atoms with van der Waals surface area (Å²) < 4.78 is 5.29. The second-order valence-electron chi connectivity index (χ2n) is 6.17. The molecule has 1 atom stereocenters. The topological polar surface area (TPSA) is 49.8 Å². The molecule has 0 aliphatic heterocycles. The number of carbonyl (C=O) groups excluding carboxylic acids is 1. The quantitative estimate of drug-likeness (QED) is 0.891. The number of fused-ring (bicyclic) bond motifs is 1. The van der Waals surface area contributed by atoms with Gasteiger partial charge in [-0.2, -0.15) is 0 Å². The van der Waals surface area contributed by atoms with Gasteiger partial charge in [-0.3, -0.25) is 4.79 Å². The molecule has 0 aromatic heterocycles. The lowest BCUT2D eigenvalue weighted by Crippen LogP contribution is -2.42. The van der Waals surface area contributed by atoms with E-state index in [1.165, 1.54) is 0 Å². The van der Waals surface area contributed by atoms with E-state index in [-0.39, 0.29) is 11.9 Å². The van der Waals surface area contributed by atoms with E-state index < -0.39 is 6.10 Å². The maximum atomic E-state index is 12.7. The van der Waals surface area contributed by atoms with Gasteiger partial charge in [0.1, 0.15) is 5.75 Å². The van der Waals surface area contributed by atoms with E-state index in [4.69, 9.17) is 4.74 Å². The van der Waals surface area contributed by atoms with Gasteiger partial charge in [-0.15, -0.1) is 0 Å². The monoisotopic (exact) mass is 315 g/mol. The van der Waals surface area contributed by atoms with Gasteiger partial charge in [0.25, 0.3) is 0 Å². The first-order chi connectivity index (χ1) is 10.9. The normalized spacial score (nSPS) is 12.4. The fourth-order valence-electron chi connectivity index (χ4n) is 2.75. The van der Waals surface area contributed by atoms with Crippen LogP contribution in [0.3, 0.4) is 0 Å². The fourth-order valence-corrected chi connectivity index (χ4v) is 2.75. The van der Waals surface area contributed by atoms with Crippen molar-refractivity contribution in [1.82, 2.24) is 4.90 Å². The SMILES string of the molecule is COc1ccc2cccc(CC(=O)N(C[C@@H](C)O)C(C)C)c2c1. The van der Waals surface area contributed by atoms with E-state index in [1.54, 1.807) is 18.9 Å². The molecule has 23 heavy (non-hydrogen) atoms. The lowest BCUT2D eigenvalue weighted by Gasteiger charge is -2.28. The molecule has 1 N–H and O–H groups in total. The van der Waals surface area contributed by atoms with Crippen LogP contribution in [0.2, 0.25) is 0 Å². The zero-order valence-corrected chi connectivity index (χ0v) is 14.2. The molecule has 0 radical (unpaired) electrons. The van der Waals surface area contributed by atoms with Crippen LogP contribution < -0.4 is 4.74 Å². The number of methoxy groups -OCH3 is 1. The van der Waals surface area contributed by atoms with E-state index in [0.717, 1.165) is 22.1 Å². The molecule has 1 amide bonds. The van der Waals surface area contributed by atoms with Gasteiger partial charge in [-0.05, 0) is 49.2 Å². The summed E-state index contributed by atoms with van der Waals surface area (Å²) >= 11 is 0. The maximum absolute atomic E-state index is 12.7. The van der Waals surface area contributed by atoms with E-state index in [2.05, 4.69) is 0 Å². The molecule has 4 heteroatoms. The summed E-state index contributed by atoms with van der Waals surface area (Å²) in [5.74, 6) is 0.804. The molecule has 2 rings (SSSR count). The second-order valence-corrected chi connectivity index (χ2v) is 6.17. The van der Waals surface area contributed by atoms with Crippen LogP contribution in [0.25, 0.3) is 10.8 Å². The Morgan fingerprint density at radius 3 is 2.57 bits per heavy atom. The summed E-state index contributed by atoms with van der Waals surface area (Å²) in [6.45, 7) is 5.98. The molecule has 4 nitrogen and oxygen atoms in total. The summed E-state index contributed by atoms with van der Waals surface area (Å²) in [7, 11) is 1.64. The van der Waals surface area contributed by atoms with E-state index in [9.17, 15) is 9.90 Å². The van der Waals surface area contributed by atoms with Gasteiger partial charge in [0.2, 0.25) is 5.91 Å². The summed E-state index contributed by atoms with van der Waals surface area (Å²) in [6.07, 6.45) is -0.218. The molecule has 0 aliphatic rings. The van der Waals surface area contributed by atoms with Crippen LogP contribution in [0, 0.1) is 0 Å². The minimum absolute atomic E-state index is 0.0243. The lowest BCUT2D eigenvalue weighted by atomic mass is 10.0. The van der Waals surface area contributed by atoms with Gasteiger partial charge >= 0.3 is 0 Å². The van der Waals surface area contributed by atoms with E-state index in [0.29, 0.717) is 13.0 Å². The highest BCUT2D eigenvalue weighted by Crippen LogP contribution is 2.25. The Bertz CT molecular complexity index is 679. The first kappa shape index (κ1) is 17.3. The molecule has 0 bridgehead atoms. The number of amides is 1. The average molecular weight is 315 g/mol. The molecule has 0 unspecified atom stereocenters. The second kappa shape index (κ2) is 7.47. The summed E-state index contributed by atoms with van der Waals surface area (Å²) in [5.41, 5.74) is 0.975. The highest BCUT2D eigenvalue weighted by atomic mass is 16.5. The van der Waals surface area contributed by atoms with Crippen molar-refractivity contribution in [2.24, 2.45) is 0 Å². The van der Waals surface area contributed by atoms with Crippen molar-refractivity contribution < 1.29 is 14.6 Å². The zero-order valence-electron chi connectivity index (χ0n) is 14.2. The summed E-state index contributed by atoms with van der Waals surface area (Å²) in [6, 6.07) is 11.9. The Hall–Kier alpha value is -2.07. The van der Waals surface area contributed by atoms with Gasteiger partial charge in [-0.25, -0.2) is 0 Å². The Balaban J connectivity index is 2.31. The molecule has 124 valence electrons. The van der Waals surface area contributed by atoms with Gasteiger partial charge in [0.05, 0.1) is 19.6 Å². The molecule has 2 aromatic carbocycles. The minimum atomic E-state index is -0.533. The number of carbonyl (C=O) groups is 1.